The molecule has 1 aliphatic heterocycles. The molecule has 1 aromatic carbocycles. The number of amides is 1. The third kappa shape index (κ3) is 4.47. The van der Waals surface area contributed by atoms with Crippen molar-refractivity contribution in [2.24, 2.45) is 5.73 Å². The molecule has 21 heavy (non-hydrogen) atoms. The van der Waals surface area contributed by atoms with Crippen molar-refractivity contribution < 1.29 is 9.18 Å². The number of thiocarbonyl (C=S) groups is 1. The van der Waals surface area contributed by atoms with E-state index in [1.54, 1.807) is 13.0 Å². The maximum Gasteiger partial charge on any atom is 0.217 e. The fraction of sp³-hybridized carbons (Fsp3) is 0.467. The number of benzene rings is 1. The summed E-state index contributed by atoms with van der Waals surface area (Å²) < 4.78 is 13.3. The summed E-state index contributed by atoms with van der Waals surface area (Å²) in [7, 11) is 0. The number of nitrogens with one attached hydrogen (secondary N) is 1. The molecule has 0 aliphatic carbocycles. The van der Waals surface area contributed by atoms with Crippen LogP contribution in [0.2, 0.25) is 0 Å². The molecule has 1 heterocycles. The molecule has 1 aromatic rings. The number of halogens is 1. The van der Waals surface area contributed by atoms with Crippen molar-refractivity contribution in [2.45, 2.75) is 32.4 Å². The summed E-state index contributed by atoms with van der Waals surface area (Å²) in [5.74, 6) is -0.311. The Balaban J connectivity index is 1.97. The summed E-state index contributed by atoms with van der Waals surface area (Å²) in [5, 5.41) is 2.95. The van der Waals surface area contributed by atoms with Crippen molar-refractivity contribution in [1.29, 1.82) is 0 Å². The van der Waals surface area contributed by atoms with Crippen LogP contribution in [0.1, 0.15) is 30.9 Å². The highest BCUT2D eigenvalue weighted by atomic mass is 32.1. The topological polar surface area (TPSA) is 58.4 Å². The Labute approximate surface area is 129 Å². The van der Waals surface area contributed by atoms with Gasteiger partial charge in [0.1, 0.15) is 10.8 Å². The van der Waals surface area contributed by atoms with Crippen LogP contribution < -0.4 is 11.1 Å². The molecule has 0 aromatic heterocycles. The second-order valence-electron chi connectivity index (χ2n) is 5.42. The molecule has 0 spiro atoms. The smallest absolute Gasteiger partial charge is 0.217 e. The maximum atomic E-state index is 13.3. The predicted octanol–water partition coefficient (Wildman–Crippen LogP) is 1.56. The number of nitrogens with zero attached hydrogens (tertiary/aromatic N) is 1. The van der Waals surface area contributed by atoms with Crippen molar-refractivity contribution in [3.05, 3.63) is 35.1 Å². The molecule has 1 saturated heterocycles. The lowest BCUT2D eigenvalue weighted by molar-refractivity contribution is -0.119. The molecule has 114 valence electrons. The molecular formula is C15H20FN3OS. The van der Waals surface area contributed by atoms with E-state index in [1.165, 1.54) is 12.1 Å². The van der Waals surface area contributed by atoms with Crippen LogP contribution in [-0.4, -0.2) is 34.9 Å². The van der Waals surface area contributed by atoms with Crippen molar-refractivity contribution in [3.63, 3.8) is 0 Å². The van der Waals surface area contributed by atoms with Crippen molar-refractivity contribution in [2.75, 3.05) is 13.1 Å². The third-order valence-corrected chi connectivity index (χ3v) is 3.95. The minimum atomic E-state index is -0.328. The first-order valence-corrected chi connectivity index (χ1v) is 7.44. The molecule has 0 unspecified atom stereocenters. The Morgan fingerprint density at radius 2 is 2.14 bits per heavy atom. The van der Waals surface area contributed by atoms with Crippen LogP contribution in [0.4, 0.5) is 4.39 Å². The Morgan fingerprint density at radius 3 is 2.71 bits per heavy atom. The van der Waals surface area contributed by atoms with E-state index < -0.39 is 0 Å². The van der Waals surface area contributed by atoms with E-state index in [1.807, 2.05) is 0 Å². The zero-order valence-electron chi connectivity index (χ0n) is 12.1. The van der Waals surface area contributed by atoms with Gasteiger partial charge in [-0.05, 0) is 30.5 Å². The lowest BCUT2D eigenvalue weighted by Crippen LogP contribution is -2.43. The minimum Gasteiger partial charge on any atom is -0.389 e. The second kappa shape index (κ2) is 6.95. The predicted molar refractivity (Wildman–Crippen MR) is 84.4 cm³/mol. The monoisotopic (exact) mass is 309 g/mol. The first kappa shape index (κ1) is 15.9. The van der Waals surface area contributed by atoms with Gasteiger partial charge in [-0.1, -0.05) is 18.3 Å². The van der Waals surface area contributed by atoms with Gasteiger partial charge in [0.25, 0.3) is 0 Å². The molecule has 6 heteroatoms. The molecule has 4 nitrogen and oxygen atoms in total. The minimum absolute atomic E-state index is 0.0164. The first-order chi connectivity index (χ1) is 9.95. The summed E-state index contributed by atoms with van der Waals surface area (Å²) in [6, 6.07) is 4.81. The number of carbonyl (C=O) groups excluding carboxylic acids is 1. The average Bonchev–Trinajstić information content (AvgIpc) is 2.42. The van der Waals surface area contributed by atoms with Crippen LogP contribution in [-0.2, 0) is 11.3 Å². The standard InChI is InChI=1S/C15H20FN3OS/c1-10(20)18-13-4-6-19(7-5-13)9-11-2-3-12(16)8-14(11)15(17)21/h2-3,8,13H,4-7,9H2,1H3,(H2,17,21)(H,18,20). The molecule has 2 rings (SSSR count). The van der Waals surface area contributed by atoms with Gasteiger partial charge in [0, 0.05) is 38.2 Å². The Bertz CT molecular complexity index is 542. The number of piperidine rings is 1. The third-order valence-electron chi connectivity index (χ3n) is 3.73. The lowest BCUT2D eigenvalue weighted by Gasteiger charge is -2.32. The molecular weight excluding hydrogens is 289 g/mol. The molecule has 1 fully saturated rings. The van der Waals surface area contributed by atoms with E-state index in [9.17, 15) is 9.18 Å². The van der Waals surface area contributed by atoms with Crippen molar-refractivity contribution >= 4 is 23.1 Å². The Morgan fingerprint density at radius 1 is 1.48 bits per heavy atom. The van der Waals surface area contributed by atoms with Crippen LogP contribution in [0.5, 0.6) is 0 Å². The van der Waals surface area contributed by atoms with E-state index in [-0.39, 0.29) is 22.8 Å². The summed E-state index contributed by atoms with van der Waals surface area (Å²) in [5.41, 5.74) is 7.22. The Kier molecular flexibility index (Phi) is 5.25. The summed E-state index contributed by atoms with van der Waals surface area (Å²) >= 11 is 4.99. The van der Waals surface area contributed by atoms with Crippen molar-refractivity contribution in [1.82, 2.24) is 10.2 Å². The van der Waals surface area contributed by atoms with Crippen LogP contribution in [0, 0.1) is 5.82 Å². The average molecular weight is 309 g/mol. The highest BCUT2D eigenvalue weighted by Crippen LogP contribution is 2.17. The number of carbonyl (C=O) groups is 1. The van der Waals surface area contributed by atoms with Gasteiger partial charge in [0.15, 0.2) is 0 Å². The van der Waals surface area contributed by atoms with Crippen LogP contribution in [0.3, 0.4) is 0 Å². The molecule has 1 aliphatic rings. The maximum absolute atomic E-state index is 13.3. The number of likely N-dealkylation sites (tertiary alicyclic amines) is 1. The van der Waals surface area contributed by atoms with E-state index in [4.69, 9.17) is 18.0 Å². The van der Waals surface area contributed by atoms with Crippen LogP contribution >= 0.6 is 12.2 Å². The quantitative estimate of drug-likeness (QED) is 0.829. The number of hydrogen-bond acceptors (Lipinski definition) is 3. The lowest BCUT2D eigenvalue weighted by atomic mass is 10.0. The molecule has 1 amide bonds. The molecule has 0 atom stereocenters. The Hall–Kier alpha value is -1.53. The van der Waals surface area contributed by atoms with Crippen LogP contribution in [0.25, 0.3) is 0 Å². The number of hydrogen-bond donors (Lipinski definition) is 2. The van der Waals surface area contributed by atoms with E-state index in [2.05, 4.69) is 10.2 Å². The van der Waals surface area contributed by atoms with Gasteiger partial charge in [-0.25, -0.2) is 4.39 Å². The summed E-state index contributed by atoms with van der Waals surface area (Å²) in [6.45, 7) is 4.01. The van der Waals surface area contributed by atoms with Gasteiger partial charge in [-0.3, -0.25) is 9.69 Å². The fourth-order valence-electron chi connectivity index (χ4n) is 2.68. The SMILES string of the molecule is CC(=O)NC1CCN(Cc2ccc(F)cc2C(N)=S)CC1. The van der Waals surface area contributed by atoms with Crippen LogP contribution in [0.15, 0.2) is 18.2 Å². The van der Waals surface area contributed by atoms with E-state index >= 15 is 0 Å². The number of nitrogens with two attached hydrogens (primary N) is 1. The molecule has 0 bridgehead atoms. The van der Waals surface area contributed by atoms with E-state index in [0.717, 1.165) is 31.5 Å². The molecule has 3 N–H and O–H groups in total. The first-order valence-electron chi connectivity index (χ1n) is 7.03. The largest absolute Gasteiger partial charge is 0.389 e. The normalized spacial score (nSPS) is 16.7. The highest BCUT2D eigenvalue weighted by molar-refractivity contribution is 7.80. The van der Waals surface area contributed by atoms with Gasteiger partial charge < -0.3 is 11.1 Å². The van der Waals surface area contributed by atoms with Crippen molar-refractivity contribution in [3.8, 4) is 0 Å². The zero-order valence-corrected chi connectivity index (χ0v) is 12.9. The van der Waals surface area contributed by atoms with Gasteiger partial charge in [-0.15, -0.1) is 0 Å². The fourth-order valence-corrected chi connectivity index (χ4v) is 2.87. The molecule has 0 radical (unpaired) electrons. The summed E-state index contributed by atoms with van der Waals surface area (Å²) in [6.07, 6.45) is 1.84. The molecule has 0 saturated carbocycles. The number of rotatable bonds is 4. The summed E-state index contributed by atoms with van der Waals surface area (Å²) in [4.78, 5) is 13.5. The van der Waals surface area contributed by atoms with Gasteiger partial charge >= 0.3 is 0 Å². The van der Waals surface area contributed by atoms with Gasteiger partial charge in [0.05, 0.1) is 0 Å². The van der Waals surface area contributed by atoms with Gasteiger partial charge in [-0.2, -0.15) is 0 Å². The second-order valence-corrected chi connectivity index (χ2v) is 5.86. The van der Waals surface area contributed by atoms with Gasteiger partial charge in [0.2, 0.25) is 5.91 Å². The van der Waals surface area contributed by atoms with E-state index in [0.29, 0.717) is 12.1 Å². The highest BCUT2D eigenvalue weighted by Gasteiger charge is 2.20. The zero-order chi connectivity index (χ0) is 15.4.